The summed E-state index contributed by atoms with van der Waals surface area (Å²) in [6.07, 6.45) is 17.0. The Kier molecular flexibility index (Phi) is 13.4. The van der Waals surface area contributed by atoms with Crippen LogP contribution in [-0.4, -0.2) is 25.4 Å². The number of rotatable bonds is 13. The molecule has 1 unspecified atom stereocenters. The molecule has 1 aliphatic rings. The minimum Gasteiger partial charge on any atom is -0.496 e. The molecule has 0 N–H and O–H groups in total. The van der Waals surface area contributed by atoms with Crippen LogP contribution in [0.4, 0.5) is 0 Å². The molecular weight excluding hydrogens is 494 g/mol. The Bertz CT molecular complexity index is 1220. The van der Waals surface area contributed by atoms with Gasteiger partial charge in [-0.3, -0.25) is 4.99 Å². The standard InChI is InChI=1S/C36H51NO3/c1-11-24(5)18-30(19-25(6)12-2)29(14-4)23-37-28(9)33(20-26(7)13-3)31-21-27(8)35(34(22-31)39-10)36(38)40-32-16-15-17-32/h14,18-24,32H,11-13,15-17H2,1-10H3/b25-19-,26-20-,29-14+,30-18?,33-28-,37-23-. The van der Waals surface area contributed by atoms with E-state index in [0.717, 1.165) is 66.5 Å². The summed E-state index contributed by atoms with van der Waals surface area (Å²) < 4.78 is 11.4. The lowest BCUT2D eigenvalue weighted by Crippen LogP contribution is -2.25. The quantitative estimate of drug-likeness (QED) is 0.141. The fraction of sp³-hybridized carbons (Fsp3) is 0.500. The fourth-order valence-corrected chi connectivity index (χ4v) is 4.35. The number of esters is 1. The van der Waals surface area contributed by atoms with Gasteiger partial charge in [0.05, 0.1) is 7.11 Å². The van der Waals surface area contributed by atoms with Crippen molar-refractivity contribution in [2.24, 2.45) is 10.9 Å². The van der Waals surface area contributed by atoms with Crippen LogP contribution < -0.4 is 4.74 Å². The van der Waals surface area contributed by atoms with Gasteiger partial charge < -0.3 is 9.47 Å². The SMILES string of the molecule is C\C=C(/C=N\C(C)=C(\C=C(\C)CC)c1cc(C)c(C(=O)OC2CCC2)c(OC)c1)C(=CC(C)CC)/C=C(/C)CC. The van der Waals surface area contributed by atoms with E-state index >= 15 is 0 Å². The van der Waals surface area contributed by atoms with Crippen LogP contribution in [0.1, 0.15) is 115 Å². The molecule has 2 rings (SSSR count). The zero-order valence-corrected chi connectivity index (χ0v) is 26.6. The minimum atomic E-state index is -0.306. The van der Waals surface area contributed by atoms with Crippen molar-refractivity contribution in [3.63, 3.8) is 0 Å². The first-order valence-electron chi connectivity index (χ1n) is 15.0. The van der Waals surface area contributed by atoms with Gasteiger partial charge in [-0.15, -0.1) is 0 Å². The smallest absolute Gasteiger partial charge is 0.342 e. The largest absolute Gasteiger partial charge is 0.496 e. The van der Waals surface area contributed by atoms with Crippen molar-refractivity contribution in [1.82, 2.24) is 0 Å². The first kappa shape index (κ1) is 33.1. The van der Waals surface area contributed by atoms with Gasteiger partial charge in [0.25, 0.3) is 0 Å². The molecule has 0 bridgehead atoms. The predicted molar refractivity (Wildman–Crippen MR) is 171 cm³/mol. The summed E-state index contributed by atoms with van der Waals surface area (Å²) in [4.78, 5) is 18.0. The highest BCUT2D eigenvalue weighted by Crippen LogP contribution is 2.33. The molecule has 40 heavy (non-hydrogen) atoms. The van der Waals surface area contributed by atoms with E-state index in [9.17, 15) is 4.79 Å². The van der Waals surface area contributed by atoms with Gasteiger partial charge in [0.2, 0.25) is 0 Å². The van der Waals surface area contributed by atoms with Gasteiger partial charge in [-0.1, -0.05) is 75.6 Å². The van der Waals surface area contributed by atoms with Crippen molar-refractivity contribution in [2.45, 2.75) is 107 Å². The van der Waals surface area contributed by atoms with Gasteiger partial charge in [-0.25, -0.2) is 4.79 Å². The Morgan fingerprint density at radius 1 is 1.05 bits per heavy atom. The summed E-state index contributed by atoms with van der Waals surface area (Å²) >= 11 is 0. The highest BCUT2D eigenvalue weighted by atomic mass is 16.5. The Balaban J connectivity index is 2.60. The van der Waals surface area contributed by atoms with E-state index < -0.39 is 0 Å². The molecule has 0 heterocycles. The number of carbonyl (C=O) groups excluding carboxylic acids is 1. The lowest BCUT2D eigenvalue weighted by atomic mass is 9.94. The number of nitrogens with zero attached hydrogens (tertiary/aromatic N) is 1. The van der Waals surface area contributed by atoms with E-state index in [0.29, 0.717) is 17.2 Å². The average molecular weight is 546 g/mol. The van der Waals surface area contributed by atoms with Crippen molar-refractivity contribution in [1.29, 1.82) is 0 Å². The van der Waals surface area contributed by atoms with Crippen LogP contribution in [0.25, 0.3) is 5.57 Å². The maximum Gasteiger partial charge on any atom is 0.342 e. The molecule has 0 aliphatic heterocycles. The zero-order chi connectivity index (χ0) is 29.8. The van der Waals surface area contributed by atoms with E-state index in [1.165, 1.54) is 16.7 Å². The maximum atomic E-state index is 13.0. The molecule has 0 aromatic heterocycles. The average Bonchev–Trinajstić information content (AvgIpc) is 2.92. The van der Waals surface area contributed by atoms with Crippen LogP contribution in [0.3, 0.4) is 0 Å². The van der Waals surface area contributed by atoms with Gasteiger partial charge in [0, 0.05) is 17.5 Å². The number of carbonyl (C=O) groups is 1. The highest BCUT2D eigenvalue weighted by Gasteiger charge is 2.26. The van der Waals surface area contributed by atoms with Crippen molar-refractivity contribution >= 4 is 17.8 Å². The molecule has 1 saturated carbocycles. The van der Waals surface area contributed by atoms with Crippen molar-refractivity contribution in [2.75, 3.05) is 7.11 Å². The third-order valence-corrected chi connectivity index (χ3v) is 7.81. The Morgan fingerprint density at radius 2 is 1.70 bits per heavy atom. The molecule has 1 atom stereocenters. The van der Waals surface area contributed by atoms with Crippen LogP contribution in [0.2, 0.25) is 0 Å². The Labute approximate surface area is 243 Å². The molecule has 0 radical (unpaired) electrons. The topological polar surface area (TPSA) is 47.9 Å². The van der Waals surface area contributed by atoms with Gasteiger partial charge in [0.15, 0.2) is 0 Å². The normalized spacial score (nSPS) is 17.1. The molecule has 1 aromatic rings. The molecule has 4 heteroatoms. The summed E-state index contributed by atoms with van der Waals surface area (Å²) in [6, 6.07) is 3.99. The lowest BCUT2D eigenvalue weighted by molar-refractivity contribution is 0.00863. The minimum absolute atomic E-state index is 0.0227. The Morgan fingerprint density at radius 3 is 2.23 bits per heavy atom. The number of benzene rings is 1. The molecule has 0 saturated heterocycles. The molecule has 1 aromatic carbocycles. The molecule has 218 valence electrons. The molecule has 0 spiro atoms. The van der Waals surface area contributed by atoms with Crippen LogP contribution >= 0.6 is 0 Å². The number of hydrogen-bond acceptors (Lipinski definition) is 4. The van der Waals surface area contributed by atoms with E-state index in [-0.39, 0.29) is 12.1 Å². The van der Waals surface area contributed by atoms with Gasteiger partial charge in [-0.05, 0) is 101 Å². The number of hydrogen-bond donors (Lipinski definition) is 0. The Hall–Kier alpha value is -3.14. The number of ether oxygens (including phenoxy) is 2. The lowest BCUT2D eigenvalue weighted by Gasteiger charge is -2.26. The first-order chi connectivity index (χ1) is 19.1. The molecule has 4 nitrogen and oxygen atoms in total. The number of methoxy groups -OCH3 is 1. The second kappa shape index (κ2) is 16.2. The molecule has 1 fully saturated rings. The van der Waals surface area contributed by atoms with Crippen LogP contribution in [0.5, 0.6) is 5.75 Å². The molecular formula is C36H51NO3. The van der Waals surface area contributed by atoms with Gasteiger partial charge in [-0.2, -0.15) is 0 Å². The zero-order valence-electron chi connectivity index (χ0n) is 26.6. The first-order valence-corrected chi connectivity index (χ1v) is 15.0. The van der Waals surface area contributed by atoms with E-state index in [1.54, 1.807) is 7.11 Å². The summed E-state index contributed by atoms with van der Waals surface area (Å²) in [5.74, 6) is 0.704. The summed E-state index contributed by atoms with van der Waals surface area (Å²) in [5.41, 5.74) is 9.13. The second-order valence-corrected chi connectivity index (χ2v) is 11.0. The number of aryl methyl sites for hydroxylation is 1. The third-order valence-electron chi connectivity index (χ3n) is 7.81. The number of allylic oxidation sites excluding steroid dienone is 10. The van der Waals surface area contributed by atoms with E-state index in [4.69, 9.17) is 14.5 Å². The summed E-state index contributed by atoms with van der Waals surface area (Å²) in [5, 5.41) is 0. The fourth-order valence-electron chi connectivity index (χ4n) is 4.35. The third kappa shape index (κ3) is 9.21. The molecule has 0 amide bonds. The summed E-state index contributed by atoms with van der Waals surface area (Å²) in [6.45, 7) is 19.2. The van der Waals surface area contributed by atoms with Gasteiger partial charge in [0.1, 0.15) is 17.4 Å². The molecule has 1 aliphatic carbocycles. The van der Waals surface area contributed by atoms with Crippen LogP contribution in [0.15, 0.2) is 69.4 Å². The van der Waals surface area contributed by atoms with E-state index in [2.05, 4.69) is 72.8 Å². The number of aliphatic imine (C=N–C) groups is 1. The second-order valence-electron chi connectivity index (χ2n) is 11.0. The summed E-state index contributed by atoms with van der Waals surface area (Å²) in [7, 11) is 1.61. The predicted octanol–water partition coefficient (Wildman–Crippen LogP) is 10.1. The van der Waals surface area contributed by atoms with Crippen LogP contribution in [-0.2, 0) is 4.74 Å². The van der Waals surface area contributed by atoms with Crippen LogP contribution in [0, 0.1) is 12.8 Å². The highest BCUT2D eigenvalue weighted by molar-refractivity contribution is 5.96. The monoisotopic (exact) mass is 545 g/mol. The van der Waals surface area contributed by atoms with Crippen molar-refractivity contribution < 1.29 is 14.3 Å². The van der Waals surface area contributed by atoms with E-state index in [1.807, 2.05) is 32.2 Å². The maximum absolute atomic E-state index is 13.0. The van der Waals surface area contributed by atoms with Crippen molar-refractivity contribution in [3.05, 3.63) is 81.1 Å². The van der Waals surface area contributed by atoms with Crippen molar-refractivity contribution in [3.8, 4) is 5.75 Å². The van der Waals surface area contributed by atoms with Gasteiger partial charge >= 0.3 is 5.97 Å².